The second kappa shape index (κ2) is 6.65. The maximum absolute atomic E-state index is 11.2. The van der Waals surface area contributed by atoms with Crippen LogP contribution in [0.15, 0.2) is 6.33 Å². The van der Waals surface area contributed by atoms with E-state index in [0.717, 1.165) is 0 Å². The lowest BCUT2D eigenvalue weighted by atomic mass is 10.5. The number of nitrogens with one attached hydrogen (secondary N) is 1. The minimum absolute atomic E-state index is 0.261. The first-order valence-corrected chi connectivity index (χ1v) is 6.69. The van der Waals surface area contributed by atoms with Gasteiger partial charge in [0.1, 0.15) is 6.33 Å². The average Bonchev–Trinajstić information content (AvgIpc) is 2.29. The Bertz CT molecular complexity index is 376. The van der Waals surface area contributed by atoms with Crippen LogP contribution in [0.3, 0.4) is 0 Å². The number of hydrogen-bond donors (Lipinski definition) is 1. The Morgan fingerprint density at radius 3 is 2.94 bits per heavy atom. The summed E-state index contributed by atoms with van der Waals surface area (Å²) in [5.74, 6) is 2.16. The molecule has 1 atom stereocenters. The minimum atomic E-state index is -0.794. The van der Waals surface area contributed by atoms with E-state index in [0.29, 0.717) is 29.6 Å². The third-order valence-electron chi connectivity index (χ3n) is 1.91. The third-order valence-corrected chi connectivity index (χ3v) is 3.48. The Balaban J connectivity index is 2.60. The highest BCUT2D eigenvalue weighted by Crippen LogP contribution is 2.27. The van der Waals surface area contributed by atoms with Crippen LogP contribution in [0.4, 0.5) is 5.82 Å². The van der Waals surface area contributed by atoms with Gasteiger partial charge in [-0.25, -0.2) is 9.97 Å². The molecular weight excluding hydrogens is 250 g/mol. The van der Waals surface area contributed by atoms with Gasteiger partial charge < -0.3 is 10.1 Å². The summed E-state index contributed by atoms with van der Waals surface area (Å²) in [7, 11) is 0.706. The lowest BCUT2D eigenvalue weighted by molar-refractivity contribution is 0.413. The molecule has 0 saturated heterocycles. The van der Waals surface area contributed by atoms with Crippen molar-refractivity contribution < 1.29 is 8.95 Å². The molecule has 0 aromatic carbocycles. The number of rotatable bonds is 6. The van der Waals surface area contributed by atoms with Crippen LogP contribution in [0.5, 0.6) is 5.75 Å². The lowest BCUT2D eigenvalue weighted by Gasteiger charge is -2.09. The second-order valence-corrected chi connectivity index (χ2v) is 5.13. The summed E-state index contributed by atoms with van der Waals surface area (Å²) < 4.78 is 16.3. The van der Waals surface area contributed by atoms with E-state index in [2.05, 4.69) is 15.3 Å². The van der Waals surface area contributed by atoms with E-state index < -0.39 is 10.8 Å². The highest BCUT2D eigenvalue weighted by atomic mass is 35.5. The molecule has 1 N–H and O–H groups in total. The molecule has 5 nitrogen and oxygen atoms in total. The molecule has 1 unspecified atom stereocenters. The van der Waals surface area contributed by atoms with E-state index in [-0.39, 0.29) is 5.15 Å². The number of ether oxygens (including phenoxy) is 1. The number of aromatic nitrogens is 2. The maximum Gasteiger partial charge on any atom is 0.198 e. The van der Waals surface area contributed by atoms with E-state index in [1.54, 1.807) is 0 Å². The topological polar surface area (TPSA) is 64.1 Å². The number of methoxy groups -OCH3 is 1. The zero-order valence-corrected chi connectivity index (χ0v) is 10.8. The van der Waals surface area contributed by atoms with Crippen molar-refractivity contribution in [1.29, 1.82) is 0 Å². The lowest BCUT2D eigenvalue weighted by Crippen LogP contribution is -2.13. The normalized spacial score (nSPS) is 12.2. The quantitative estimate of drug-likeness (QED) is 0.785. The monoisotopic (exact) mass is 263 g/mol. The molecule has 90 valence electrons. The molecule has 1 rings (SSSR count). The first kappa shape index (κ1) is 13.2. The van der Waals surface area contributed by atoms with Crippen molar-refractivity contribution in [3.8, 4) is 5.75 Å². The van der Waals surface area contributed by atoms with Crippen molar-refractivity contribution in [3.63, 3.8) is 0 Å². The van der Waals surface area contributed by atoms with Crippen LogP contribution in [0.25, 0.3) is 0 Å². The molecule has 0 saturated carbocycles. The fourth-order valence-electron chi connectivity index (χ4n) is 1.09. The third kappa shape index (κ3) is 3.61. The number of hydrogen-bond acceptors (Lipinski definition) is 5. The molecular formula is C9H14ClN3O2S. The zero-order chi connectivity index (χ0) is 12.0. The van der Waals surface area contributed by atoms with Gasteiger partial charge in [-0.2, -0.15) is 0 Å². The second-order valence-electron chi connectivity index (χ2n) is 2.91. The van der Waals surface area contributed by atoms with Gasteiger partial charge in [0.15, 0.2) is 16.7 Å². The Labute approximate surface area is 102 Å². The summed E-state index contributed by atoms with van der Waals surface area (Å²) in [5.41, 5.74) is 0. The summed E-state index contributed by atoms with van der Waals surface area (Å²) in [5, 5.41) is 3.28. The van der Waals surface area contributed by atoms with Crippen molar-refractivity contribution in [3.05, 3.63) is 11.5 Å². The van der Waals surface area contributed by atoms with Gasteiger partial charge in [0.2, 0.25) is 0 Å². The predicted octanol–water partition coefficient (Wildman–Crippen LogP) is 1.32. The molecule has 7 heteroatoms. The highest BCUT2D eigenvalue weighted by molar-refractivity contribution is 7.84. The van der Waals surface area contributed by atoms with Crippen LogP contribution in [0, 0.1) is 0 Å². The Kier molecular flexibility index (Phi) is 5.48. The van der Waals surface area contributed by atoms with Crippen LogP contribution in [0.2, 0.25) is 5.15 Å². The minimum Gasteiger partial charge on any atom is -0.490 e. The van der Waals surface area contributed by atoms with Gasteiger partial charge in [0.25, 0.3) is 0 Å². The van der Waals surface area contributed by atoms with Gasteiger partial charge in [-0.3, -0.25) is 4.21 Å². The summed E-state index contributed by atoms with van der Waals surface area (Å²) in [4.78, 5) is 7.80. The van der Waals surface area contributed by atoms with Gasteiger partial charge in [-0.15, -0.1) is 0 Å². The van der Waals surface area contributed by atoms with Crippen molar-refractivity contribution in [1.82, 2.24) is 9.97 Å². The van der Waals surface area contributed by atoms with Crippen molar-refractivity contribution in [2.24, 2.45) is 0 Å². The van der Waals surface area contributed by atoms with Crippen LogP contribution >= 0.6 is 11.6 Å². The summed E-state index contributed by atoms with van der Waals surface area (Å²) in [6, 6.07) is 0. The van der Waals surface area contributed by atoms with Crippen molar-refractivity contribution in [2.45, 2.75) is 6.92 Å². The average molecular weight is 264 g/mol. The molecule has 0 aliphatic rings. The van der Waals surface area contributed by atoms with Crippen molar-refractivity contribution in [2.75, 3.05) is 30.5 Å². The molecule has 0 aliphatic heterocycles. The summed E-state index contributed by atoms with van der Waals surface area (Å²) in [6.45, 7) is 2.45. The molecule has 1 aromatic rings. The van der Waals surface area contributed by atoms with E-state index in [4.69, 9.17) is 16.3 Å². The van der Waals surface area contributed by atoms with Gasteiger partial charge in [-0.05, 0) is 0 Å². The first-order valence-electron chi connectivity index (χ1n) is 4.82. The van der Waals surface area contributed by atoms with Gasteiger partial charge >= 0.3 is 0 Å². The number of anilines is 1. The standard InChI is InChI=1S/C9H14ClN3O2S/c1-3-16(14)5-4-11-9-7(15-2)8(10)12-6-13-9/h6H,3-5H2,1-2H3,(H,11,12,13). The summed E-state index contributed by atoms with van der Waals surface area (Å²) >= 11 is 5.82. The number of halogens is 1. The molecule has 0 spiro atoms. The van der Waals surface area contributed by atoms with Crippen LogP contribution < -0.4 is 10.1 Å². The van der Waals surface area contributed by atoms with E-state index in [1.165, 1.54) is 13.4 Å². The molecule has 1 heterocycles. The molecule has 0 radical (unpaired) electrons. The summed E-state index contributed by atoms with van der Waals surface area (Å²) in [6.07, 6.45) is 1.35. The maximum atomic E-state index is 11.2. The fraction of sp³-hybridized carbons (Fsp3) is 0.556. The fourth-order valence-corrected chi connectivity index (χ4v) is 1.92. The van der Waals surface area contributed by atoms with Gasteiger partial charge in [0.05, 0.1) is 7.11 Å². The Hall–Kier alpha value is -0.880. The van der Waals surface area contributed by atoms with Gasteiger partial charge in [0, 0.05) is 28.9 Å². The molecule has 16 heavy (non-hydrogen) atoms. The largest absolute Gasteiger partial charge is 0.490 e. The molecule has 0 amide bonds. The molecule has 0 fully saturated rings. The molecule has 0 aliphatic carbocycles. The van der Waals surface area contributed by atoms with E-state index >= 15 is 0 Å². The smallest absolute Gasteiger partial charge is 0.198 e. The van der Waals surface area contributed by atoms with Crippen LogP contribution in [-0.4, -0.2) is 39.3 Å². The SMILES string of the molecule is CCS(=O)CCNc1ncnc(Cl)c1OC. The van der Waals surface area contributed by atoms with E-state index in [9.17, 15) is 4.21 Å². The van der Waals surface area contributed by atoms with E-state index in [1.807, 2.05) is 6.92 Å². The predicted molar refractivity (Wildman–Crippen MR) is 65.6 cm³/mol. The zero-order valence-electron chi connectivity index (χ0n) is 9.20. The Morgan fingerprint density at radius 2 is 2.31 bits per heavy atom. The number of nitrogens with zero attached hydrogens (tertiary/aromatic N) is 2. The molecule has 1 aromatic heterocycles. The highest BCUT2D eigenvalue weighted by Gasteiger charge is 2.09. The first-order chi connectivity index (χ1) is 7.69. The van der Waals surface area contributed by atoms with Crippen molar-refractivity contribution >= 4 is 28.2 Å². The van der Waals surface area contributed by atoms with Gasteiger partial charge in [-0.1, -0.05) is 18.5 Å². The van der Waals surface area contributed by atoms with Crippen LogP contribution in [-0.2, 0) is 10.8 Å². The van der Waals surface area contributed by atoms with Crippen LogP contribution in [0.1, 0.15) is 6.92 Å². The molecule has 0 bridgehead atoms. The Morgan fingerprint density at radius 1 is 1.56 bits per heavy atom.